The lowest BCUT2D eigenvalue weighted by atomic mass is 10.1. The van der Waals surface area contributed by atoms with Crippen LogP contribution in [-0.2, 0) is 6.42 Å². The third-order valence-corrected chi connectivity index (χ3v) is 4.24. The normalized spacial score (nSPS) is 18.4. The van der Waals surface area contributed by atoms with E-state index in [0.717, 1.165) is 31.6 Å². The highest BCUT2D eigenvalue weighted by molar-refractivity contribution is 5.95. The molecule has 1 aromatic carbocycles. The number of rotatable bonds is 4. The van der Waals surface area contributed by atoms with Gasteiger partial charge in [-0.1, -0.05) is 6.42 Å². The summed E-state index contributed by atoms with van der Waals surface area (Å²) in [7, 11) is 0. The van der Waals surface area contributed by atoms with E-state index in [9.17, 15) is 4.79 Å². The van der Waals surface area contributed by atoms with Crippen LogP contribution in [0.25, 0.3) is 0 Å². The van der Waals surface area contributed by atoms with Crippen LogP contribution in [0.15, 0.2) is 18.2 Å². The summed E-state index contributed by atoms with van der Waals surface area (Å²) in [5, 5.41) is 6.35. The van der Waals surface area contributed by atoms with E-state index in [-0.39, 0.29) is 5.91 Å². The average Bonchev–Trinajstić information content (AvgIpc) is 2.95. The Morgan fingerprint density at radius 2 is 2.10 bits per heavy atom. The minimum absolute atomic E-state index is 0.0525. The van der Waals surface area contributed by atoms with Crippen LogP contribution in [0.4, 0.5) is 5.69 Å². The molecule has 0 aromatic heterocycles. The zero-order chi connectivity index (χ0) is 13.8. The lowest BCUT2D eigenvalue weighted by Crippen LogP contribution is -2.37. The Bertz CT molecular complexity index is 481. The van der Waals surface area contributed by atoms with E-state index in [2.05, 4.69) is 15.5 Å². The molecule has 0 atom stereocenters. The quantitative estimate of drug-likeness (QED) is 0.880. The van der Waals surface area contributed by atoms with Gasteiger partial charge >= 0.3 is 0 Å². The standard InChI is InChI=1S/C16H23N3O/c20-16(18-8-11-19-9-2-1-3-10-19)14-4-5-15-13(12-14)6-7-17-15/h4-5,12,17H,1-3,6-11H2,(H,18,20). The maximum absolute atomic E-state index is 12.1. The van der Waals surface area contributed by atoms with Gasteiger partial charge in [-0.05, 0) is 56.1 Å². The van der Waals surface area contributed by atoms with Gasteiger partial charge in [0.15, 0.2) is 0 Å². The first kappa shape index (κ1) is 13.4. The molecule has 0 aliphatic carbocycles. The molecule has 0 unspecified atom stereocenters. The van der Waals surface area contributed by atoms with Crippen molar-refractivity contribution in [3.05, 3.63) is 29.3 Å². The van der Waals surface area contributed by atoms with Crippen molar-refractivity contribution in [1.82, 2.24) is 10.2 Å². The van der Waals surface area contributed by atoms with Gasteiger partial charge in [-0.2, -0.15) is 0 Å². The van der Waals surface area contributed by atoms with Crippen molar-refractivity contribution >= 4 is 11.6 Å². The Hall–Kier alpha value is -1.55. The fraction of sp³-hybridized carbons (Fsp3) is 0.562. The van der Waals surface area contributed by atoms with Crippen molar-refractivity contribution in [2.24, 2.45) is 0 Å². The zero-order valence-corrected chi connectivity index (χ0v) is 12.0. The summed E-state index contributed by atoms with van der Waals surface area (Å²) in [5.74, 6) is 0.0525. The third-order valence-electron chi connectivity index (χ3n) is 4.24. The van der Waals surface area contributed by atoms with Crippen molar-refractivity contribution in [2.45, 2.75) is 25.7 Å². The first-order valence-electron chi connectivity index (χ1n) is 7.70. The van der Waals surface area contributed by atoms with Gasteiger partial charge in [0.25, 0.3) is 5.91 Å². The van der Waals surface area contributed by atoms with Crippen molar-refractivity contribution in [3.8, 4) is 0 Å². The number of amides is 1. The van der Waals surface area contributed by atoms with E-state index in [1.807, 2.05) is 18.2 Å². The van der Waals surface area contributed by atoms with Gasteiger partial charge in [0.05, 0.1) is 0 Å². The highest BCUT2D eigenvalue weighted by Gasteiger charge is 2.14. The maximum Gasteiger partial charge on any atom is 0.251 e. The number of anilines is 1. The maximum atomic E-state index is 12.1. The summed E-state index contributed by atoms with van der Waals surface area (Å²) in [4.78, 5) is 14.6. The highest BCUT2D eigenvalue weighted by atomic mass is 16.1. The largest absolute Gasteiger partial charge is 0.384 e. The van der Waals surface area contributed by atoms with E-state index in [1.165, 1.54) is 43.6 Å². The fourth-order valence-corrected chi connectivity index (χ4v) is 3.06. The van der Waals surface area contributed by atoms with Crippen LogP contribution in [0, 0.1) is 0 Å². The summed E-state index contributed by atoms with van der Waals surface area (Å²) < 4.78 is 0. The molecular weight excluding hydrogens is 250 g/mol. The van der Waals surface area contributed by atoms with Crippen molar-refractivity contribution < 1.29 is 4.79 Å². The second-order valence-electron chi connectivity index (χ2n) is 5.71. The predicted octanol–water partition coefficient (Wildman–Crippen LogP) is 1.87. The molecule has 20 heavy (non-hydrogen) atoms. The SMILES string of the molecule is O=C(NCCN1CCCCC1)c1ccc2c(c1)CCN2. The third kappa shape index (κ3) is 3.12. The van der Waals surface area contributed by atoms with Gasteiger partial charge in [0.2, 0.25) is 0 Å². The number of fused-ring (bicyclic) bond motifs is 1. The molecule has 2 aliphatic rings. The molecule has 1 amide bonds. The van der Waals surface area contributed by atoms with Gasteiger partial charge in [-0.3, -0.25) is 4.79 Å². The summed E-state index contributed by atoms with van der Waals surface area (Å²) in [6.45, 7) is 5.06. The Morgan fingerprint density at radius 1 is 1.25 bits per heavy atom. The summed E-state index contributed by atoms with van der Waals surface area (Å²) in [6, 6.07) is 5.95. The lowest BCUT2D eigenvalue weighted by molar-refractivity contribution is 0.0946. The van der Waals surface area contributed by atoms with Crippen LogP contribution < -0.4 is 10.6 Å². The van der Waals surface area contributed by atoms with Gasteiger partial charge < -0.3 is 15.5 Å². The predicted molar refractivity (Wildman–Crippen MR) is 81.3 cm³/mol. The van der Waals surface area contributed by atoms with E-state index in [4.69, 9.17) is 0 Å². The number of nitrogens with zero attached hydrogens (tertiary/aromatic N) is 1. The van der Waals surface area contributed by atoms with Crippen LogP contribution in [0.5, 0.6) is 0 Å². The first-order chi connectivity index (χ1) is 9.83. The van der Waals surface area contributed by atoms with Gasteiger partial charge in [-0.25, -0.2) is 0 Å². The van der Waals surface area contributed by atoms with E-state index >= 15 is 0 Å². The molecule has 4 heteroatoms. The van der Waals surface area contributed by atoms with Crippen molar-refractivity contribution in [3.63, 3.8) is 0 Å². The number of benzene rings is 1. The molecule has 0 saturated carbocycles. The molecule has 4 nitrogen and oxygen atoms in total. The minimum Gasteiger partial charge on any atom is -0.384 e. The summed E-state index contributed by atoms with van der Waals surface area (Å²) >= 11 is 0. The number of hydrogen-bond donors (Lipinski definition) is 2. The second-order valence-corrected chi connectivity index (χ2v) is 5.71. The molecular formula is C16H23N3O. The Morgan fingerprint density at radius 3 is 2.95 bits per heavy atom. The molecule has 1 fully saturated rings. The summed E-state index contributed by atoms with van der Waals surface area (Å²) in [5.41, 5.74) is 3.22. The van der Waals surface area contributed by atoms with Crippen LogP contribution >= 0.6 is 0 Å². The smallest absolute Gasteiger partial charge is 0.251 e. The van der Waals surface area contributed by atoms with E-state index in [0.29, 0.717) is 0 Å². The van der Waals surface area contributed by atoms with E-state index < -0.39 is 0 Å². The molecule has 1 saturated heterocycles. The Balaban J connectivity index is 1.49. The monoisotopic (exact) mass is 273 g/mol. The van der Waals surface area contributed by atoms with Crippen molar-refractivity contribution in [2.75, 3.05) is 38.0 Å². The van der Waals surface area contributed by atoms with Crippen LogP contribution in [0.2, 0.25) is 0 Å². The highest BCUT2D eigenvalue weighted by Crippen LogP contribution is 2.22. The Labute approximate surface area is 120 Å². The molecule has 0 radical (unpaired) electrons. The average molecular weight is 273 g/mol. The van der Waals surface area contributed by atoms with Crippen LogP contribution in [-0.4, -0.2) is 43.5 Å². The topological polar surface area (TPSA) is 44.4 Å². The summed E-state index contributed by atoms with van der Waals surface area (Å²) in [6.07, 6.45) is 4.97. The lowest BCUT2D eigenvalue weighted by Gasteiger charge is -2.26. The molecule has 2 N–H and O–H groups in total. The zero-order valence-electron chi connectivity index (χ0n) is 12.0. The fourth-order valence-electron chi connectivity index (χ4n) is 3.06. The molecule has 0 bridgehead atoms. The molecule has 0 spiro atoms. The van der Waals surface area contributed by atoms with E-state index in [1.54, 1.807) is 0 Å². The molecule has 1 aromatic rings. The number of hydrogen-bond acceptors (Lipinski definition) is 3. The van der Waals surface area contributed by atoms with Crippen LogP contribution in [0.1, 0.15) is 35.2 Å². The number of likely N-dealkylation sites (tertiary alicyclic amines) is 1. The number of piperidine rings is 1. The molecule has 3 rings (SSSR count). The minimum atomic E-state index is 0.0525. The van der Waals surface area contributed by atoms with Gasteiger partial charge in [0.1, 0.15) is 0 Å². The van der Waals surface area contributed by atoms with Crippen LogP contribution in [0.3, 0.4) is 0 Å². The molecule has 108 valence electrons. The molecule has 2 aliphatic heterocycles. The van der Waals surface area contributed by atoms with Gasteiger partial charge in [0, 0.05) is 30.9 Å². The first-order valence-corrected chi connectivity index (χ1v) is 7.70. The number of nitrogens with one attached hydrogen (secondary N) is 2. The number of carbonyl (C=O) groups is 1. The molecule has 2 heterocycles. The van der Waals surface area contributed by atoms with Gasteiger partial charge in [-0.15, -0.1) is 0 Å². The Kier molecular flexibility index (Phi) is 4.21. The second kappa shape index (κ2) is 6.27. The number of carbonyl (C=O) groups excluding carboxylic acids is 1. The van der Waals surface area contributed by atoms with Crippen molar-refractivity contribution in [1.29, 1.82) is 0 Å².